The van der Waals surface area contributed by atoms with Gasteiger partial charge in [-0.15, -0.1) is 11.3 Å². The fraction of sp³-hybridized carbons (Fsp3) is 0.0714. The molecule has 0 saturated carbocycles. The summed E-state index contributed by atoms with van der Waals surface area (Å²) in [5.41, 5.74) is 2.70. The quantitative estimate of drug-likeness (QED) is 0.670. The number of aromatic amines is 2. The Kier molecular flexibility index (Phi) is 3.75. The van der Waals surface area contributed by atoms with Gasteiger partial charge in [0.15, 0.2) is 0 Å². The molecule has 102 valence electrons. The van der Waals surface area contributed by atoms with Crippen LogP contribution in [-0.2, 0) is 6.54 Å². The van der Waals surface area contributed by atoms with Crippen LogP contribution in [0, 0.1) is 0 Å². The van der Waals surface area contributed by atoms with Crippen LogP contribution in [0.4, 0.5) is 5.69 Å². The molecule has 0 atom stereocenters. The fourth-order valence-corrected chi connectivity index (χ4v) is 3.32. The summed E-state index contributed by atoms with van der Waals surface area (Å²) >= 11 is 5.24. The smallest absolute Gasteiger partial charge is 0.264 e. The second-order valence-electron chi connectivity index (χ2n) is 4.29. The van der Waals surface area contributed by atoms with Gasteiger partial charge in [0.1, 0.15) is 0 Å². The number of hydrogen-bond donors (Lipinski definition) is 3. The molecule has 0 aliphatic carbocycles. The molecular weight excluding hydrogens is 338 g/mol. The molecule has 3 aromatic rings. The zero-order chi connectivity index (χ0) is 13.9. The average molecular weight is 350 g/mol. The van der Waals surface area contributed by atoms with Crippen molar-refractivity contribution in [1.29, 1.82) is 0 Å². The number of halogens is 1. The fourth-order valence-electron chi connectivity index (χ4n) is 1.89. The van der Waals surface area contributed by atoms with Crippen molar-refractivity contribution in [2.24, 2.45) is 0 Å². The molecule has 0 radical (unpaired) electrons. The van der Waals surface area contributed by atoms with E-state index in [1.54, 1.807) is 17.4 Å². The summed E-state index contributed by atoms with van der Waals surface area (Å²) in [6, 6.07) is 11.6. The van der Waals surface area contributed by atoms with Gasteiger partial charge in [-0.05, 0) is 45.1 Å². The highest BCUT2D eigenvalue weighted by atomic mass is 79.9. The number of rotatable bonds is 4. The average Bonchev–Trinajstić information content (AvgIpc) is 3.06. The number of hydrogen-bond acceptors (Lipinski definition) is 3. The Bertz CT molecular complexity index is 757. The van der Waals surface area contributed by atoms with E-state index in [9.17, 15) is 4.79 Å². The van der Waals surface area contributed by atoms with Gasteiger partial charge in [0.2, 0.25) is 0 Å². The number of thiophene rings is 1. The molecule has 2 aromatic heterocycles. The predicted octanol–water partition coefficient (Wildman–Crippen LogP) is 3.81. The summed E-state index contributed by atoms with van der Waals surface area (Å²) in [5.74, 6) is 0. The first-order valence-electron chi connectivity index (χ1n) is 6.06. The van der Waals surface area contributed by atoms with Crippen molar-refractivity contribution in [3.8, 4) is 11.3 Å². The van der Waals surface area contributed by atoms with Gasteiger partial charge >= 0.3 is 0 Å². The van der Waals surface area contributed by atoms with E-state index in [-0.39, 0.29) is 5.56 Å². The van der Waals surface area contributed by atoms with Gasteiger partial charge in [-0.25, -0.2) is 0 Å². The Morgan fingerprint density at radius 1 is 1.15 bits per heavy atom. The molecule has 0 unspecified atom stereocenters. The summed E-state index contributed by atoms with van der Waals surface area (Å²) in [7, 11) is 0. The summed E-state index contributed by atoms with van der Waals surface area (Å²) in [6.07, 6.45) is 0. The Morgan fingerprint density at radius 3 is 2.55 bits per heavy atom. The first-order valence-corrected chi connectivity index (χ1v) is 7.73. The molecule has 0 bridgehead atoms. The summed E-state index contributed by atoms with van der Waals surface area (Å²) in [6.45, 7) is 0.790. The minimum atomic E-state index is -0.121. The van der Waals surface area contributed by atoms with E-state index in [4.69, 9.17) is 0 Å². The molecule has 2 heterocycles. The van der Waals surface area contributed by atoms with Crippen molar-refractivity contribution in [3.05, 3.63) is 61.5 Å². The lowest BCUT2D eigenvalue weighted by Crippen LogP contribution is -1.97. The van der Waals surface area contributed by atoms with Gasteiger partial charge in [-0.1, -0.05) is 12.1 Å². The maximum atomic E-state index is 11.1. The highest BCUT2D eigenvalue weighted by Gasteiger charge is 2.03. The molecule has 0 saturated heterocycles. The van der Waals surface area contributed by atoms with Crippen molar-refractivity contribution in [2.75, 3.05) is 5.32 Å². The minimum absolute atomic E-state index is 0.121. The normalized spacial score (nSPS) is 10.7. The first-order chi connectivity index (χ1) is 9.72. The van der Waals surface area contributed by atoms with Crippen LogP contribution in [-0.4, -0.2) is 10.2 Å². The molecule has 3 N–H and O–H groups in total. The second-order valence-corrected chi connectivity index (χ2v) is 6.15. The molecule has 0 spiro atoms. The Balaban J connectivity index is 1.70. The molecule has 0 fully saturated rings. The van der Waals surface area contributed by atoms with E-state index in [0.717, 1.165) is 28.0 Å². The van der Waals surface area contributed by atoms with E-state index >= 15 is 0 Å². The SMILES string of the molecule is O=c1cc(-c2ccc(NCc3sccc3Br)cc2)[nH][nH]1. The van der Waals surface area contributed by atoms with Gasteiger partial charge in [0.05, 0.1) is 12.2 Å². The third-order valence-corrected chi connectivity index (χ3v) is 4.86. The molecule has 6 heteroatoms. The third kappa shape index (κ3) is 2.86. The van der Waals surface area contributed by atoms with Gasteiger partial charge in [-0.3, -0.25) is 15.0 Å². The van der Waals surface area contributed by atoms with Crippen LogP contribution in [0.2, 0.25) is 0 Å². The van der Waals surface area contributed by atoms with E-state index in [2.05, 4.69) is 36.8 Å². The maximum Gasteiger partial charge on any atom is 0.264 e. The Hall–Kier alpha value is -1.79. The largest absolute Gasteiger partial charge is 0.380 e. The van der Waals surface area contributed by atoms with Gasteiger partial charge in [0.25, 0.3) is 5.56 Å². The van der Waals surface area contributed by atoms with Crippen molar-refractivity contribution in [2.45, 2.75) is 6.54 Å². The van der Waals surface area contributed by atoms with Gasteiger partial charge in [0, 0.05) is 21.1 Å². The maximum absolute atomic E-state index is 11.1. The Labute approximate surface area is 128 Å². The monoisotopic (exact) mass is 349 g/mol. The second kappa shape index (κ2) is 5.68. The lowest BCUT2D eigenvalue weighted by Gasteiger charge is -2.06. The molecule has 3 rings (SSSR count). The van der Waals surface area contributed by atoms with Gasteiger partial charge < -0.3 is 5.32 Å². The first kappa shape index (κ1) is 13.2. The zero-order valence-electron chi connectivity index (χ0n) is 10.4. The van der Waals surface area contributed by atoms with Crippen molar-refractivity contribution in [1.82, 2.24) is 10.2 Å². The molecule has 0 amide bonds. The summed E-state index contributed by atoms with van der Waals surface area (Å²) < 4.78 is 1.14. The van der Waals surface area contributed by atoms with Crippen molar-refractivity contribution < 1.29 is 0 Å². The zero-order valence-corrected chi connectivity index (χ0v) is 12.8. The highest BCUT2D eigenvalue weighted by Crippen LogP contribution is 2.24. The standard InChI is InChI=1S/C14H12BrN3OS/c15-11-5-6-20-13(11)8-16-10-3-1-9(2-4-10)12-7-14(19)18-17-12/h1-7,16H,8H2,(H2,17,18,19). The van der Waals surface area contributed by atoms with E-state index in [0.29, 0.717) is 0 Å². The van der Waals surface area contributed by atoms with Crippen LogP contribution in [0.15, 0.2) is 51.0 Å². The van der Waals surface area contributed by atoms with E-state index in [1.807, 2.05) is 30.3 Å². The number of H-pyrrole nitrogens is 2. The molecule has 4 nitrogen and oxygen atoms in total. The third-order valence-electron chi connectivity index (χ3n) is 2.94. The minimum Gasteiger partial charge on any atom is -0.380 e. The van der Waals surface area contributed by atoms with Crippen molar-refractivity contribution in [3.63, 3.8) is 0 Å². The number of benzene rings is 1. The molecule has 1 aromatic carbocycles. The molecule has 0 aliphatic rings. The van der Waals surface area contributed by atoms with Crippen LogP contribution in [0.3, 0.4) is 0 Å². The molecule has 20 heavy (non-hydrogen) atoms. The number of aromatic nitrogens is 2. The number of anilines is 1. The molecular formula is C14H12BrN3OS. The van der Waals surface area contributed by atoms with Crippen LogP contribution >= 0.6 is 27.3 Å². The number of nitrogens with one attached hydrogen (secondary N) is 3. The van der Waals surface area contributed by atoms with Crippen LogP contribution in [0.25, 0.3) is 11.3 Å². The summed E-state index contributed by atoms with van der Waals surface area (Å²) in [4.78, 5) is 12.4. The topological polar surface area (TPSA) is 60.7 Å². The van der Waals surface area contributed by atoms with Crippen molar-refractivity contribution >= 4 is 33.0 Å². The van der Waals surface area contributed by atoms with E-state index in [1.165, 1.54) is 4.88 Å². The lowest BCUT2D eigenvalue weighted by molar-refractivity contribution is 1.06. The van der Waals surface area contributed by atoms with E-state index < -0.39 is 0 Å². The summed E-state index contributed by atoms with van der Waals surface area (Å²) in [5, 5.41) is 10.8. The van der Waals surface area contributed by atoms with Crippen LogP contribution < -0.4 is 10.9 Å². The van der Waals surface area contributed by atoms with Crippen LogP contribution in [0.5, 0.6) is 0 Å². The predicted molar refractivity (Wildman–Crippen MR) is 86.2 cm³/mol. The van der Waals surface area contributed by atoms with Crippen LogP contribution in [0.1, 0.15) is 4.88 Å². The lowest BCUT2D eigenvalue weighted by atomic mass is 10.1. The van der Waals surface area contributed by atoms with Gasteiger partial charge in [-0.2, -0.15) is 0 Å². The highest BCUT2D eigenvalue weighted by molar-refractivity contribution is 9.10. The molecule has 0 aliphatic heterocycles. The Morgan fingerprint density at radius 2 is 1.95 bits per heavy atom.